The Morgan fingerprint density at radius 1 is 1.00 bits per heavy atom. The molecule has 0 saturated heterocycles. The van der Waals surface area contributed by atoms with Gasteiger partial charge in [0.05, 0.1) is 0 Å². The smallest absolute Gasteiger partial charge is 0.265 e. The molecule has 2 aromatic rings. The summed E-state index contributed by atoms with van der Waals surface area (Å²) in [6, 6.07) is 13.6. The van der Waals surface area contributed by atoms with Crippen molar-refractivity contribution >= 4 is 17.3 Å². The first-order valence-electron chi connectivity index (χ1n) is 11.0. The monoisotopic (exact) mass is 410 g/mol. The minimum absolute atomic E-state index is 0.0577. The lowest BCUT2D eigenvalue weighted by molar-refractivity contribution is -0.122. The summed E-state index contributed by atoms with van der Waals surface area (Å²) in [6.07, 6.45) is 2.02. The average Bonchev–Trinajstić information content (AvgIpc) is 2.71. The molecule has 0 aliphatic rings. The number of hydrogen-bond donors (Lipinski definition) is 2. The van der Waals surface area contributed by atoms with E-state index in [0.717, 1.165) is 24.2 Å². The molecule has 30 heavy (non-hydrogen) atoms. The highest BCUT2D eigenvalue weighted by molar-refractivity contribution is 5.94. The predicted molar refractivity (Wildman–Crippen MR) is 127 cm³/mol. The Morgan fingerprint density at radius 3 is 2.23 bits per heavy atom. The predicted octanol–water partition coefficient (Wildman–Crippen LogP) is 6.44. The molecule has 0 saturated carbocycles. The lowest BCUT2D eigenvalue weighted by Gasteiger charge is -2.31. The maximum atomic E-state index is 12.9. The Kier molecular flexibility index (Phi) is 7.57. The first-order chi connectivity index (χ1) is 14.0. The van der Waals surface area contributed by atoms with E-state index in [-0.39, 0.29) is 16.7 Å². The molecule has 0 aromatic heterocycles. The summed E-state index contributed by atoms with van der Waals surface area (Å²) in [5.74, 6) is 0.619. The standard InChI is InChI=1S/C26H38N2O2/c1-8-22(24(29)28-20-13-11-12-19(27)17-20)30-23-15-14-18(25(4,5)9-2)16-21(23)26(6,7)10-3/h11-17,22H,8-10,27H2,1-7H3,(H,28,29). The molecule has 0 radical (unpaired) electrons. The van der Waals surface area contributed by atoms with Crippen LogP contribution in [0.4, 0.5) is 11.4 Å². The van der Waals surface area contributed by atoms with Crippen molar-refractivity contribution in [1.82, 2.24) is 0 Å². The molecule has 0 aliphatic carbocycles. The third-order valence-electron chi connectivity index (χ3n) is 6.34. The van der Waals surface area contributed by atoms with E-state index in [0.29, 0.717) is 17.8 Å². The fraction of sp³-hybridized carbons (Fsp3) is 0.500. The van der Waals surface area contributed by atoms with Crippen LogP contribution in [-0.2, 0) is 15.6 Å². The Bertz CT molecular complexity index is 871. The van der Waals surface area contributed by atoms with Crippen LogP contribution >= 0.6 is 0 Å². The molecule has 164 valence electrons. The number of nitrogen functional groups attached to an aromatic ring is 1. The molecule has 4 nitrogen and oxygen atoms in total. The number of ether oxygens (including phenoxy) is 1. The first kappa shape index (κ1) is 23.8. The zero-order valence-corrected chi connectivity index (χ0v) is 19.6. The van der Waals surface area contributed by atoms with Crippen molar-refractivity contribution in [3.8, 4) is 5.75 Å². The van der Waals surface area contributed by atoms with Crippen molar-refractivity contribution in [1.29, 1.82) is 0 Å². The minimum atomic E-state index is -0.581. The van der Waals surface area contributed by atoms with Gasteiger partial charge >= 0.3 is 0 Å². The number of carbonyl (C=O) groups excluding carboxylic acids is 1. The third-order valence-corrected chi connectivity index (χ3v) is 6.34. The maximum Gasteiger partial charge on any atom is 0.265 e. The van der Waals surface area contributed by atoms with Gasteiger partial charge in [0, 0.05) is 16.9 Å². The normalized spacial score (nSPS) is 13.0. The summed E-state index contributed by atoms with van der Waals surface area (Å²) in [6.45, 7) is 15.3. The zero-order valence-electron chi connectivity index (χ0n) is 19.6. The largest absolute Gasteiger partial charge is 0.480 e. The van der Waals surface area contributed by atoms with Gasteiger partial charge in [-0.25, -0.2) is 0 Å². The Hall–Kier alpha value is -2.49. The summed E-state index contributed by atoms with van der Waals surface area (Å²) in [7, 11) is 0. The number of nitrogens with two attached hydrogens (primary N) is 1. The van der Waals surface area contributed by atoms with Gasteiger partial charge in [0.1, 0.15) is 5.75 Å². The van der Waals surface area contributed by atoms with Gasteiger partial charge in [0.15, 0.2) is 6.10 Å². The minimum Gasteiger partial charge on any atom is -0.480 e. The van der Waals surface area contributed by atoms with E-state index in [1.807, 2.05) is 25.1 Å². The molecule has 4 heteroatoms. The van der Waals surface area contributed by atoms with Crippen molar-refractivity contribution < 1.29 is 9.53 Å². The van der Waals surface area contributed by atoms with Gasteiger partial charge in [-0.3, -0.25) is 4.79 Å². The van der Waals surface area contributed by atoms with E-state index in [2.05, 4.69) is 59.0 Å². The maximum absolute atomic E-state index is 12.9. The number of amides is 1. The molecule has 1 amide bonds. The molecule has 0 fully saturated rings. The molecule has 1 unspecified atom stereocenters. The summed E-state index contributed by atoms with van der Waals surface area (Å²) in [5.41, 5.74) is 9.60. The average molecular weight is 411 g/mol. The highest BCUT2D eigenvalue weighted by Gasteiger charge is 2.28. The Balaban J connectivity index is 2.35. The van der Waals surface area contributed by atoms with E-state index < -0.39 is 6.10 Å². The fourth-order valence-electron chi connectivity index (χ4n) is 3.29. The van der Waals surface area contributed by atoms with E-state index in [4.69, 9.17) is 10.5 Å². The summed E-state index contributed by atoms with van der Waals surface area (Å²) in [5, 5.41) is 2.93. The van der Waals surface area contributed by atoms with E-state index in [1.54, 1.807) is 12.1 Å². The number of hydrogen-bond acceptors (Lipinski definition) is 3. The van der Waals surface area contributed by atoms with Crippen molar-refractivity contribution in [2.24, 2.45) is 0 Å². The van der Waals surface area contributed by atoms with E-state index >= 15 is 0 Å². The topological polar surface area (TPSA) is 64.3 Å². The van der Waals surface area contributed by atoms with Gasteiger partial charge in [-0.05, 0) is 59.9 Å². The second kappa shape index (κ2) is 9.55. The number of carbonyl (C=O) groups is 1. The van der Waals surface area contributed by atoms with Crippen molar-refractivity contribution in [2.45, 2.75) is 84.7 Å². The lowest BCUT2D eigenvalue weighted by Crippen LogP contribution is -2.33. The molecular formula is C26H38N2O2. The summed E-state index contributed by atoms with van der Waals surface area (Å²) >= 11 is 0. The highest BCUT2D eigenvalue weighted by Crippen LogP contribution is 2.39. The number of nitrogens with one attached hydrogen (secondary N) is 1. The second-order valence-corrected chi connectivity index (χ2v) is 9.32. The SMILES string of the molecule is CCC(Oc1ccc(C(C)(C)CC)cc1C(C)(C)CC)C(=O)Nc1cccc(N)c1. The highest BCUT2D eigenvalue weighted by atomic mass is 16.5. The van der Waals surface area contributed by atoms with Crippen LogP contribution in [0.2, 0.25) is 0 Å². The van der Waals surface area contributed by atoms with Crippen molar-refractivity contribution in [3.63, 3.8) is 0 Å². The second-order valence-electron chi connectivity index (χ2n) is 9.32. The van der Waals surface area contributed by atoms with Crippen LogP contribution in [0.1, 0.15) is 78.9 Å². The fourth-order valence-corrected chi connectivity index (χ4v) is 3.29. The molecule has 2 rings (SSSR count). The van der Waals surface area contributed by atoms with E-state index in [1.165, 1.54) is 5.56 Å². The van der Waals surface area contributed by atoms with Crippen LogP contribution in [0.15, 0.2) is 42.5 Å². The van der Waals surface area contributed by atoms with Gasteiger partial charge in [-0.2, -0.15) is 0 Å². The molecule has 1 atom stereocenters. The number of benzene rings is 2. The Labute approximate surface area is 182 Å². The quantitative estimate of drug-likeness (QED) is 0.468. The lowest BCUT2D eigenvalue weighted by atomic mass is 9.76. The molecule has 0 bridgehead atoms. The Morgan fingerprint density at radius 2 is 1.67 bits per heavy atom. The van der Waals surface area contributed by atoms with Crippen LogP contribution in [0, 0.1) is 0 Å². The van der Waals surface area contributed by atoms with Gasteiger partial charge in [0.2, 0.25) is 0 Å². The van der Waals surface area contributed by atoms with Crippen LogP contribution in [0.3, 0.4) is 0 Å². The third kappa shape index (κ3) is 5.56. The molecule has 0 spiro atoms. The molecule has 3 N–H and O–H groups in total. The van der Waals surface area contributed by atoms with Crippen molar-refractivity contribution in [3.05, 3.63) is 53.6 Å². The number of rotatable bonds is 9. The van der Waals surface area contributed by atoms with Gasteiger partial charge < -0.3 is 15.8 Å². The van der Waals surface area contributed by atoms with Crippen LogP contribution in [0.5, 0.6) is 5.75 Å². The molecule has 0 aliphatic heterocycles. The van der Waals surface area contributed by atoms with E-state index in [9.17, 15) is 4.79 Å². The van der Waals surface area contributed by atoms with Crippen LogP contribution < -0.4 is 15.8 Å². The summed E-state index contributed by atoms with van der Waals surface area (Å²) in [4.78, 5) is 12.9. The van der Waals surface area contributed by atoms with Gasteiger partial charge in [0.25, 0.3) is 5.91 Å². The van der Waals surface area contributed by atoms with Gasteiger partial charge in [-0.15, -0.1) is 0 Å². The first-order valence-corrected chi connectivity index (χ1v) is 11.0. The zero-order chi connectivity index (χ0) is 22.5. The number of anilines is 2. The van der Waals surface area contributed by atoms with Crippen molar-refractivity contribution in [2.75, 3.05) is 11.1 Å². The molecular weight excluding hydrogens is 372 g/mol. The van der Waals surface area contributed by atoms with Gasteiger partial charge in [-0.1, -0.05) is 66.7 Å². The summed E-state index contributed by atoms with van der Waals surface area (Å²) < 4.78 is 6.31. The van der Waals surface area contributed by atoms with Crippen LogP contribution in [-0.4, -0.2) is 12.0 Å². The van der Waals surface area contributed by atoms with Crippen LogP contribution in [0.25, 0.3) is 0 Å². The molecule has 2 aromatic carbocycles. The molecule has 0 heterocycles.